The Balaban J connectivity index is 2.45. The minimum Gasteiger partial charge on any atom is -0.393 e. The van der Waals surface area contributed by atoms with E-state index in [0.29, 0.717) is 16.3 Å². The van der Waals surface area contributed by atoms with Crippen LogP contribution in [0.1, 0.15) is 47.0 Å². The van der Waals surface area contributed by atoms with Crippen LogP contribution in [0.4, 0.5) is 0 Å². The number of nitrogens with zero attached hydrogens (tertiary/aromatic N) is 1. The van der Waals surface area contributed by atoms with Crippen LogP contribution in [0.2, 0.25) is 0 Å². The maximum absolute atomic E-state index is 5.69. The summed E-state index contributed by atoms with van der Waals surface area (Å²) in [6.07, 6.45) is 3.99. The molecular formula is C14H28N2S. The van der Waals surface area contributed by atoms with Crippen LogP contribution in [0.5, 0.6) is 0 Å². The topological polar surface area (TPSA) is 29.3 Å². The van der Waals surface area contributed by atoms with E-state index in [1.807, 2.05) is 0 Å². The molecule has 2 nitrogen and oxygen atoms in total. The monoisotopic (exact) mass is 256 g/mol. The van der Waals surface area contributed by atoms with E-state index in [0.717, 1.165) is 12.5 Å². The Labute approximate surface area is 112 Å². The third-order valence-electron chi connectivity index (χ3n) is 4.06. The van der Waals surface area contributed by atoms with Crippen molar-refractivity contribution >= 4 is 17.2 Å². The van der Waals surface area contributed by atoms with Crippen LogP contribution in [0, 0.1) is 17.3 Å². The number of nitrogens with two attached hydrogens (primary N) is 1. The summed E-state index contributed by atoms with van der Waals surface area (Å²) in [7, 11) is 0. The van der Waals surface area contributed by atoms with Gasteiger partial charge in [0.15, 0.2) is 0 Å². The lowest BCUT2D eigenvalue weighted by Crippen LogP contribution is -2.35. The second-order valence-electron chi connectivity index (χ2n) is 6.60. The van der Waals surface area contributed by atoms with Crippen LogP contribution >= 0.6 is 12.2 Å². The molecule has 1 aliphatic heterocycles. The Morgan fingerprint density at radius 3 is 2.53 bits per heavy atom. The number of rotatable bonds is 3. The summed E-state index contributed by atoms with van der Waals surface area (Å²) >= 11 is 5.05. The van der Waals surface area contributed by atoms with Crippen molar-refractivity contribution in [2.24, 2.45) is 23.0 Å². The van der Waals surface area contributed by atoms with Crippen molar-refractivity contribution in [1.29, 1.82) is 0 Å². The third-order valence-corrected chi connectivity index (χ3v) is 4.47. The molecule has 0 aliphatic carbocycles. The zero-order valence-corrected chi connectivity index (χ0v) is 12.6. The Kier molecular flexibility index (Phi) is 5.39. The molecule has 0 aromatic rings. The molecule has 0 saturated carbocycles. The van der Waals surface area contributed by atoms with Crippen LogP contribution in [0.3, 0.4) is 0 Å². The Morgan fingerprint density at radius 1 is 1.35 bits per heavy atom. The van der Waals surface area contributed by atoms with Crippen molar-refractivity contribution in [3.05, 3.63) is 0 Å². The molecule has 0 aromatic carbocycles. The van der Waals surface area contributed by atoms with E-state index in [4.69, 9.17) is 18.0 Å². The first-order valence-electron chi connectivity index (χ1n) is 6.82. The van der Waals surface area contributed by atoms with Gasteiger partial charge in [-0.2, -0.15) is 0 Å². The van der Waals surface area contributed by atoms with Gasteiger partial charge in [-0.05, 0) is 43.7 Å². The molecule has 17 heavy (non-hydrogen) atoms. The van der Waals surface area contributed by atoms with Crippen molar-refractivity contribution in [2.75, 3.05) is 19.6 Å². The number of thiocarbonyl (C=S) groups is 1. The van der Waals surface area contributed by atoms with Gasteiger partial charge >= 0.3 is 0 Å². The van der Waals surface area contributed by atoms with Crippen molar-refractivity contribution in [3.63, 3.8) is 0 Å². The fourth-order valence-corrected chi connectivity index (χ4v) is 2.76. The number of hydrogen-bond acceptors (Lipinski definition) is 2. The van der Waals surface area contributed by atoms with Gasteiger partial charge in [0.05, 0.1) is 4.99 Å². The zero-order valence-electron chi connectivity index (χ0n) is 11.8. The van der Waals surface area contributed by atoms with Gasteiger partial charge in [0.25, 0.3) is 0 Å². The van der Waals surface area contributed by atoms with Crippen molar-refractivity contribution < 1.29 is 0 Å². The van der Waals surface area contributed by atoms with Gasteiger partial charge in [-0.3, -0.25) is 0 Å². The molecule has 1 fully saturated rings. The molecule has 1 aliphatic rings. The fraction of sp³-hybridized carbons (Fsp3) is 0.929. The highest BCUT2D eigenvalue weighted by molar-refractivity contribution is 7.80. The molecule has 1 heterocycles. The van der Waals surface area contributed by atoms with Crippen molar-refractivity contribution in [3.8, 4) is 0 Å². The van der Waals surface area contributed by atoms with Gasteiger partial charge in [-0.1, -0.05) is 39.9 Å². The van der Waals surface area contributed by atoms with E-state index in [-0.39, 0.29) is 0 Å². The van der Waals surface area contributed by atoms with Crippen LogP contribution < -0.4 is 5.73 Å². The minimum atomic E-state index is 0.344. The number of hydrogen-bond donors (Lipinski definition) is 1. The second-order valence-corrected chi connectivity index (χ2v) is 7.07. The Bertz CT molecular complexity index is 257. The summed E-state index contributed by atoms with van der Waals surface area (Å²) in [5.74, 6) is 1.20. The quantitative estimate of drug-likeness (QED) is 0.787. The lowest BCUT2D eigenvalue weighted by atomic mass is 9.77. The average Bonchev–Trinajstić information content (AvgIpc) is 2.42. The molecular weight excluding hydrogens is 228 g/mol. The van der Waals surface area contributed by atoms with Crippen LogP contribution in [0.15, 0.2) is 0 Å². The zero-order chi connectivity index (χ0) is 13.1. The first kappa shape index (κ1) is 14.9. The third kappa shape index (κ3) is 4.92. The molecule has 0 bridgehead atoms. The standard InChI is InChI=1S/C14H28N2S/c1-11(13(15)17)10-16-8-5-6-12(7-9-16)14(2,3)4/h11-12H,5-10H2,1-4H3,(H2,15,17). The van der Waals surface area contributed by atoms with Crippen molar-refractivity contribution in [2.45, 2.75) is 47.0 Å². The Hall–Kier alpha value is -0.150. The van der Waals surface area contributed by atoms with Crippen LogP contribution in [-0.2, 0) is 0 Å². The highest BCUT2D eigenvalue weighted by Gasteiger charge is 2.27. The molecule has 0 aromatic heterocycles. The molecule has 1 rings (SSSR count). The molecule has 0 radical (unpaired) electrons. The predicted molar refractivity (Wildman–Crippen MR) is 79.2 cm³/mol. The largest absolute Gasteiger partial charge is 0.393 e. The summed E-state index contributed by atoms with van der Waals surface area (Å²) in [6, 6.07) is 0. The summed E-state index contributed by atoms with van der Waals surface area (Å²) in [5.41, 5.74) is 6.14. The number of likely N-dealkylation sites (tertiary alicyclic amines) is 1. The Morgan fingerprint density at radius 2 is 2.00 bits per heavy atom. The summed E-state index contributed by atoms with van der Waals surface area (Å²) in [5, 5.41) is 0. The lowest BCUT2D eigenvalue weighted by molar-refractivity contribution is 0.206. The highest BCUT2D eigenvalue weighted by atomic mass is 32.1. The van der Waals surface area contributed by atoms with Gasteiger partial charge in [-0.25, -0.2) is 0 Å². The van der Waals surface area contributed by atoms with Crippen LogP contribution in [-0.4, -0.2) is 29.5 Å². The fourth-order valence-electron chi connectivity index (χ4n) is 2.68. The molecule has 2 atom stereocenters. The molecule has 1 saturated heterocycles. The minimum absolute atomic E-state index is 0.344. The SMILES string of the molecule is CC(CN1CCCC(C(C)(C)C)CC1)C(N)=S. The van der Waals surface area contributed by atoms with E-state index < -0.39 is 0 Å². The molecule has 0 spiro atoms. The summed E-state index contributed by atoms with van der Waals surface area (Å²) in [4.78, 5) is 3.19. The van der Waals surface area contributed by atoms with E-state index in [9.17, 15) is 0 Å². The predicted octanol–water partition coefficient (Wildman–Crippen LogP) is 3.06. The maximum Gasteiger partial charge on any atom is 0.0768 e. The van der Waals surface area contributed by atoms with E-state index in [2.05, 4.69) is 32.6 Å². The van der Waals surface area contributed by atoms with Crippen molar-refractivity contribution in [1.82, 2.24) is 4.90 Å². The lowest BCUT2D eigenvalue weighted by Gasteiger charge is -2.30. The molecule has 100 valence electrons. The molecule has 3 heteroatoms. The van der Waals surface area contributed by atoms with E-state index >= 15 is 0 Å². The first-order chi connectivity index (χ1) is 7.80. The molecule has 2 N–H and O–H groups in total. The van der Waals surface area contributed by atoms with E-state index in [1.54, 1.807) is 0 Å². The van der Waals surface area contributed by atoms with Gasteiger partial charge < -0.3 is 10.6 Å². The van der Waals surface area contributed by atoms with Crippen LogP contribution in [0.25, 0.3) is 0 Å². The molecule has 0 amide bonds. The maximum atomic E-state index is 5.69. The average molecular weight is 256 g/mol. The molecule has 2 unspecified atom stereocenters. The second kappa shape index (κ2) is 6.14. The normalized spacial score (nSPS) is 25.3. The first-order valence-corrected chi connectivity index (χ1v) is 7.23. The van der Waals surface area contributed by atoms with E-state index in [1.165, 1.54) is 32.4 Å². The smallest absolute Gasteiger partial charge is 0.0768 e. The van der Waals surface area contributed by atoms with Gasteiger partial charge in [-0.15, -0.1) is 0 Å². The van der Waals surface area contributed by atoms with Gasteiger partial charge in [0.2, 0.25) is 0 Å². The van der Waals surface area contributed by atoms with Gasteiger partial charge in [0, 0.05) is 12.5 Å². The van der Waals surface area contributed by atoms with Gasteiger partial charge in [0.1, 0.15) is 0 Å². The summed E-state index contributed by atoms with van der Waals surface area (Å²) in [6.45, 7) is 12.7. The highest BCUT2D eigenvalue weighted by Crippen LogP contribution is 2.34. The summed E-state index contributed by atoms with van der Waals surface area (Å²) < 4.78 is 0.